The Morgan fingerprint density at radius 3 is 0.653 bits per heavy atom. The Bertz CT molecular complexity index is 1030. The van der Waals surface area contributed by atoms with Crippen molar-refractivity contribution in [2.75, 3.05) is 80.0 Å². The van der Waals surface area contributed by atoms with Gasteiger partial charge in [-0.3, -0.25) is 14.4 Å². The average Bonchev–Trinajstić information content (AvgIpc) is 3.36. The number of amides is 3. The molecule has 0 atom stereocenters. The van der Waals surface area contributed by atoms with Crippen LogP contribution in [0.15, 0.2) is 0 Å². The van der Waals surface area contributed by atoms with E-state index < -0.39 is 0 Å². The van der Waals surface area contributed by atoms with Crippen molar-refractivity contribution in [3.63, 3.8) is 0 Å². The molecule has 0 bridgehead atoms. The second-order valence-electron chi connectivity index (χ2n) is 21.9. The van der Waals surface area contributed by atoms with Crippen molar-refractivity contribution in [3.8, 4) is 0 Å². The van der Waals surface area contributed by atoms with Crippen LogP contribution < -0.4 is 16.0 Å². The number of rotatable bonds is 56. The van der Waals surface area contributed by atoms with Crippen LogP contribution in [0.5, 0.6) is 0 Å². The second-order valence-corrected chi connectivity index (χ2v) is 21.9. The number of unbranched alkanes of at least 4 members (excludes halogenated alkanes) is 35. The molecule has 3 N–H and O–H groups in total. The molecule has 0 radical (unpaired) electrons. The van der Waals surface area contributed by atoms with Gasteiger partial charge in [0.15, 0.2) is 0 Å². The fourth-order valence-corrected chi connectivity index (χ4v) is 9.30. The lowest BCUT2D eigenvalue weighted by molar-refractivity contribution is -0.122. The van der Waals surface area contributed by atoms with E-state index in [0.717, 1.165) is 84.6 Å². The zero-order valence-corrected chi connectivity index (χ0v) is 49.3. The third kappa shape index (κ3) is 64.4. The summed E-state index contributed by atoms with van der Waals surface area (Å²) < 4.78 is 0. The first kappa shape index (κ1) is 74.5. The highest BCUT2D eigenvalue weighted by Gasteiger charge is 2.08. The summed E-state index contributed by atoms with van der Waals surface area (Å²) in [5.74, 6) is 0.573. The van der Waals surface area contributed by atoms with Crippen LogP contribution in [-0.2, 0) is 14.4 Å². The van der Waals surface area contributed by atoms with Crippen LogP contribution in [0.25, 0.3) is 0 Å². The first-order valence-electron chi connectivity index (χ1n) is 31.6. The Morgan fingerprint density at radius 1 is 0.250 bits per heavy atom. The van der Waals surface area contributed by atoms with E-state index in [1.54, 1.807) is 0 Å². The first-order valence-corrected chi connectivity index (χ1v) is 31.6. The van der Waals surface area contributed by atoms with Gasteiger partial charge in [-0.15, -0.1) is 0 Å². The van der Waals surface area contributed by atoms with Crippen molar-refractivity contribution in [2.45, 2.75) is 311 Å². The third-order valence-corrected chi connectivity index (χ3v) is 14.4. The molecule has 0 aromatic rings. The van der Waals surface area contributed by atoms with Gasteiger partial charge < -0.3 is 30.7 Å². The standard InChI is InChI=1S/C39H80N4O2.C23H48N2O.CH4/c1-5-7-9-11-13-15-17-19-21-23-25-27-32-40-38(44)30-36-42(3)34-29-35-43(4)37-31-39(45)41-33-28-26-24-22-20-18-16-14-12-10-8-6-2;1-4-6-8-9-10-11-12-13-14-15-16-17-20-24-23(26)19-22-25(3)21-18-7-5-2;/h5-37H2,1-4H3,(H,40,44)(H,41,45);4-22H2,1-3H3,(H,24,26);1H4. The Hall–Kier alpha value is -1.71. The summed E-state index contributed by atoms with van der Waals surface area (Å²) in [6.07, 6.45) is 55.2. The SMILES string of the molecule is C.CCCCCCCCCCCCCCNC(=O)CCN(C)CCCCC.CCCCCCCCCCCCCCNC(=O)CCN(C)CCCN(C)CCC(=O)NCCCCCCCCCCCCCC. The molecule has 3 amide bonds. The van der Waals surface area contributed by atoms with Gasteiger partial charge in [-0.05, 0) is 72.9 Å². The number of nitrogens with one attached hydrogen (secondary N) is 3. The zero-order valence-electron chi connectivity index (χ0n) is 49.3. The first-order chi connectivity index (χ1) is 34.7. The molecule has 0 aromatic heterocycles. The maximum atomic E-state index is 12.2. The molecular weight excluding hydrogens is 889 g/mol. The summed E-state index contributed by atoms with van der Waals surface area (Å²) in [5.41, 5.74) is 0. The summed E-state index contributed by atoms with van der Waals surface area (Å²) in [4.78, 5) is 43.0. The van der Waals surface area contributed by atoms with Crippen LogP contribution in [0.1, 0.15) is 311 Å². The molecule has 9 nitrogen and oxygen atoms in total. The molecule has 0 unspecified atom stereocenters. The van der Waals surface area contributed by atoms with Gasteiger partial charge in [-0.2, -0.15) is 0 Å². The molecule has 0 fully saturated rings. The predicted octanol–water partition coefficient (Wildman–Crippen LogP) is 16.6. The molecule has 0 saturated heterocycles. The second kappa shape index (κ2) is 63.6. The maximum absolute atomic E-state index is 12.2. The van der Waals surface area contributed by atoms with E-state index in [0.29, 0.717) is 19.3 Å². The molecule has 0 saturated carbocycles. The van der Waals surface area contributed by atoms with Crippen molar-refractivity contribution in [2.24, 2.45) is 0 Å². The van der Waals surface area contributed by atoms with Gasteiger partial charge in [0.1, 0.15) is 0 Å². The molecule has 432 valence electrons. The van der Waals surface area contributed by atoms with Gasteiger partial charge in [0.2, 0.25) is 17.7 Å². The minimum absolute atomic E-state index is 0. The molecule has 0 aliphatic rings. The molecule has 9 heteroatoms. The lowest BCUT2D eigenvalue weighted by atomic mass is 10.1. The van der Waals surface area contributed by atoms with Crippen molar-refractivity contribution >= 4 is 17.7 Å². The number of carbonyl (C=O) groups excluding carboxylic acids is 3. The normalized spacial score (nSPS) is 11.2. The van der Waals surface area contributed by atoms with Crippen molar-refractivity contribution in [1.82, 2.24) is 30.7 Å². The van der Waals surface area contributed by atoms with E-state index in [1.807, 2.05) is 0 Å². The zero-order chi connectivity index (χ0) is 52.4. The Kier molecular flexibility index (Phi) is 65.8. The van der Waals surface area contributed by atoms with Gasteiger partial charge in [-0.25, -0.2) is 0 Å². The monoisotopic (exact) mass is 1020 g/mol. The van der Waals surface area contributed by atoms with E-state index >= 15 is 0 Å². The van der Waals surface area contributed by atoms with Crippen molar-refractivity contribution < 1.29 is 14.4 Å². The Labute approximate surface area is 452 Å². The molecule has 0 aliphatic heterocycles. The van der Waals surface area contributed by atoms with E-state index in [4.69, 9.17) is 0 Å². The average molecular weight is 1020 g/mol. The summed E-state index contributed by atoms with van der Waals surface area (Å²) in [5, 5.41) is 9.28. The smallest absolute Gasteiger partial charge is 0.221 e. The molecule has 0 spiro atoms. The molecule has 0 heterocycles. The van der Waals surface area contributed by atoms with Gasteiger partial charge in [0, 0.05) is 58.5 Å². The fourth-order valence-electron chi connectivity index (χ4n) is 9.30. The fraction of sp³-hybridized carbons (Fsp3) is 0.952. The quantitative estimate of drug-likeness (QED) is 0.0525. The van der Waals surface area contributed by atoms with Crippen LogP contribution in [-0.4, -0.2) is 112 Å². The number of nitrogens with zero attached hydrogens (tertiary/aromatic N) is 3. The lowest BCUT2D eigenvalue weighted by Crippen LogP contribution is -2.32. The molecule has 0 aromatic carbocycles. The van der Waals surface area contributed by atoms with E-state index in [9.17, 15) is 14.4 Å². The van der Waals surface area contributed by atoms with Crippen LogP contribution in [0.4, 0.5) is 0 Å². The summed E-state index contributed by atoms with van der Waals surface area (Å²) in [7, 11) is 6.32. The van der Waals surface area contributed by atoms with Crippen LogP contribution in [0.3, 0.4) is 0 Å². The number of carbonyl (C=O) groups is 3. The van der Waals surface area contributed by atoms with Crippen molar-refractivity contribution in [3.05, 3.63) is 0 Å². The minimum Gasteiger partial charge on any atom is -0.356 e. The van der Waals surface area contributed by atoms with E-state index in [1.165, 1.54) is 231 Å². The number of hydrogen-bond donors (Lipinski definition) is 3. The van der Waals surface area contributed by atoms with E-state index in [2.05, 4.69) is 79.5 Å². The highest BCUT2D eigenvalue weighted by molar-refractivity contribution is 5.76. The highest BCUT2D eigenvalue weighted by Crippen LogP contribution is 2.14. The third-order valence-electron chi connectivity index (χ3n) is 14.4. The van der Waals surface area contributed by atoms with Crippen LogP contribution in [0.2, 0.25) is 0 Å². The summed E-state index contributed by atoms with van der Waals surface area (Å²) in [6, 6.07) is 0. The van der Waals surface area contributed by atoms with Crippen molar-refractivity contribution in [1.29, 1.82) is 0 Å². The van der Waals surface area contributed by atoms with Crippen LogP contribution >= 0.6 is 0 Å². The molecule has 0 rings (SSSR count). The van der Waals surface area contributed by atoms with Gasteiger partial charge in [-0.1, -0.05) is 260 Å². The largest absolute Gasteiger partial charge is 0.356 e. The Balaban J connectivity index is -0.00000150. The highest BCUT2D eigenvalue weighted by atomic mass is 16.2. The van der Waals surface area contributed by atoms with Gasteiger partial charge in [0.05, 0.1) is 0 Å². The molecular formula is C63H132N6O3. The van der Waals surface area contributed by atoms with Crippen LogP contribution in [0, 0.1) is 0 Å². The molecule has 72 heavy (non-hydrogen) atoms. The lowest BCUT2D eigenvalue weighted by Gasteiger charge is -2.20. The number of hydrogen-bond acceptors (Lipinski definition) is 6. The molecule has 0 aliphatic carbocycles. The summed E-state index contributed by atoms with van der Waals surface area (Å²) in [6.45, 7) is 17.1. The van der Waals surface area contributed by atoms with E-state index in [-0.39, 0.29) is 25.1 Å². The topological polar surface area (TPSA) is 97.0 Å². The summed E-state index contributed by atoms with van der Waals surface area (Å²) >= 11 is 0. The minimum atomic E-state index is 0. The van der Waals surface area contributed by atoms with Gasteiger partial charge >= 0.3 is 0 Å². The maximum Gasteiger partial charge on any atom is 0.221 e. The Morgan fingerprint density at radius 2 is 0.431 bits per heavy atom. The van der Waals surface area contributed by atoms with Gasteiger partial charge in [0.25, 0.3) is 0 Å². The predicted molar refractivity (Wildman–Crippen MR) is 319 cm³/mol.